The lowest BCUT2D eigenvalue weighted by Crippen LogP contribution is -2.13. The van der Waals surface area contributed by atoms with E-state index in [4.69, 9.17) is 10.5 Å². The molecule has 2 N–H and O–H groups in total. The van der Waals surface area contributed by atoms with Gasteiger partial charge in [-0.05, 0) is 25.0 Å². The van der Waals surface area contributed by atoms with Crippen LogP contribution in [-0.4, -0.2) is 13.4 Å². The molecule has 138 valence electrons. The highest BCUT2D eigenvalue weighted by Crippen LogP contribution is 2.28. The van der Waals surface area contributed by atoms with E-state index in [-0.39, 0.29) is 24.5 Å². The molecular formula is C18H27F4NO. The van der Waals surface area contributed by atoms with Crippen LogP contribution < -0.4 is 5.73 Å². The van der Waals surface area contributed by atoms with Gasteiger partial charge in [0.2, 0.25) is 0 Å². The minimum absolute atomic E-state index is 0.00453. The smallest absolute Gasteiger partial charge is 0.412 e. The lowest BCUT2D eigenvalue weighted by molar-refractivity contribution is -0.0936. The molecule has 0 saturated carbocycles. The number of hydrogen-bond acceptors (Lipinski definition) is 2. The number of nitrogens with two attached hydrogens (primary N) is 1. The van der Waals surface area contributed by atoms with Crippen molar-refractivity contribution >= 4 is 0 Å². The zero-order valence-electron chi connectivity index (χ0n) is 14.9. The second kappa shape index (κ2) is 13.5. The highest BCUT2D eigenvalue weighted by Gasteiger charge is 2.32. The summed E-state index contributed by atoms with van der Waals surface area (Å²) in [4.78, 5) is 0. The predicted octanol–water partition coefficient (Wildman–Crippen LogP) is 5.90. The Labute approximate surface area is 142 Å². The van der Waals surface area contributed by atoms with Crippen LogP contribution in [0.25, 0.3) is 0 Å². The molecule has 1 rings (SSSR count). The number of halogens is 4. The van der Waals surface area contributed by atoms with Crippen LogP contribution in [0.15, 0.2) is 53.4 Å². The highest BCUT2D eigenvalue weighted by atomic mass is 19.4. The topological polar surface area (TPSA) is 35.2 Å². The fraction of sp³-hybridized carbons (Fsp3) is 0.444. The van der Waals surface area contributed by atoms with Gasteiger partial charge >= 0.3 is 6.18 Å². The second-order valence-electron chi connectivity index (χ2n) is 4.31. The zero-order valence-corrected chi connectivity index (χ0v) is 14.9. The molecule has 0 heterocycles. The number of rotatable bonds is 5. The molecule has 0 bridgehead atoms. The summed E-state index contributed by atoms with van der Waals surface area (Å²) in [5.74, 6) is 0.282. The number of benzene rings is 1. The predicted molar refractivity (Wildman–Crippen MR) is 90.9 cm³/mol. The molecule has 0 spiro atoms. The number of ether oxygens (including phenoxy) is 1. The first-order valence-electron chi connectivity index (χ1n) is 7.63. The maximum atomic E-state index is 12.6. The van der Waals surface area contributed by atoms with E-state index in [1.165, 1.54) is 6.92 Å². The van der Waals surface area contributed by atoms with Gasteiger partial charge in [0.1, 0.15) is 12.4 Å². The summed E-state index contributed by atoms with van der Waals surface area (Å²) in [6, 6.07) is 9.33. The molecule has 1 aromatic carbocycles. The summed E-state index contributed by atoms with van der Waals surface area (Å²) in [5.41, 5.74) is 5.89. The number of allylic oxidation sites excluding steroid dienone is 3. The fourth-order valence-electron chi connectivity index (χ4n) is 1.52. The monoisotopic (exact) mass is 349 g/mol. The maximum absolute atomic E-state index is 12.6. The quantitative estimate of drug-likeness (QED) is 0.408. The molecule has 0 unspecified atom stereocenters. The van der Waals surface area contributed by atoms with Gasteiger partial charge in [-0.3, -0.25) is 4.39 Å². The molecule has 0 saturated heterocycles. The summed E-state index contributed by atoms with van der Waals surface area (Å²) in [6.07, 6.45) is -3.56. The molecule has 0 aliphatic rings. The van der Waals surface area contributed by atoms with E-state index in [1.807, 2.05) is 44.2 Å². The third kappa shape index (κ3) is 9.92. The zero-order chi connectivity index (χ0) is 19.2. The van der Waals surface area contributed by atoms with Gasteiger partial charge in [0.05, 0.1) is 12.9 Å². The van der Waals surface area contributed by atoms with Crippen LogP contribution in [0.2, 0.25) is 0 Å². The Balaban J connectivity index is 0. The second-order valence-corrected chi connectivity index (χ2v) is 4.31. The molecule has 0 aromatic heterocycles. The lowest BCUT2D eigenvalue weighted by Gasteiger charge is -2.12. The molecular weight excluding hydrogens is 322 g/mol. The molecule has 24 heavy (non-hydrogen) atoms. The first-order valence-corrected chi connectivity index (χ1v) is 7.63. The van der Waals surface area contributed by atoms with Crippen molar-refractivity contribution in [3.8, 4) is 0 Å². The van der Waals surface area contributed by atoms with Crippen LogP contribution in [0.1, 0.15) is 39.7 Å². The van der Waals surface area contributed by atoms with Crippen LogP contribution in [-0.2, 0) is 11.3 Å². The molecule has 0 fully saturated rings. The van der Waals surface area contributed by atoms with Crippen molar-refractivity contribution in [1.82, 2.24) is 0 Å². The summed E-state index contributed by atoms with van der Waals surface area (Å²) in [7, 11) is 0.500. The molecule has 1 aromatic rings. The van der Waals surface area contributed by atoms with Gasteiger partial charge in [-0.15, -0.1) is 0 Å². The molecule has 0 aliphatic carbocycles. The summed E-state index contributed by atoms with van der Waals surface area (Å²) >= 11 is 0. The molecule has 0 atom stereocenters. The number of alkyl halides is 4. The standard InChI is InChI=1S/C15H18F3NO.C2H6.CH3F/c1-3-13(15(16,17)18)9-14(19)11(2)20-10-12-7-5-4-6-8-12;2*1-2/h4-9H,3,10,19H2,1-2H3;1-2H3;1H3/b13-9+,14-11-;;. The Morgan fingerprint density at radius 3 is 2.04 bits per heavy atom. The Bertz CT molecular complexity index is 493. The normalized spacial score (nSPS) is 12.1. The van der Waals surface area contributed by atoms with Crippen molar-refractivity contribution in [2.75, 3.05) is 7.18 Å². The van der Waals surface area contributed by atoms with E-state index in [1.54, 1.807) is 6.92 Å². The first-order chi connectivity index (χ1) is 11.3. The van der Waals surface area contributed by atoms with Crippen LogP contribution in [0.3, 0.4) is 0 Å². The molecule has 6 heteroatoms. The van der Waals surface area contributed by atoms with Crippen LogP contribution in [0.4, 0.5) is 17.6 Å². The lowest BCUT2D eigenvalue weighted by atomic mass is 10.1. The fourth-order valence-corrected chi connectivity index (χ4v) is 1.52. The van der Waals surface area contributed by atoms with Gasteiger partial charge in [-0.25, -0.2) is 0 Å². The third-order valence-electron chi connectivity index (χ3n) is 2.78. The van der Waals surface area contributed by atoms with Gasteiger partial charge in [-0.1, -0.05) is 51.1 Å². The third-order valence-corrected chi connectivity index (χ3v) is 2.78. The van der Waals surface area contributed by atoms with E-state index in [0.717, 1.165) is 11.6 Å². The minimum Gasteiger partial charge on any atom is -0.491 e. The van der Waals surface area contributed by atoms with Crippen molar-refractivity contribution in [3.05, 3.63) is 59.0 Å². The van der Waals surface area contributed by atoms with Crippen molar-refractivity contribution in [2.24, 2.45) is 5.73 Å². The minimum atomic E-state index is -4.36. The Morgan fingerprint density at radius 1 is 1.12 bits per heavy atom. The van der Waals surface area contributed by atoms with Crippen LogP contribution >= 0.6 is 0 Å². The average molecular weight is 349 g/mol. The van der Waals surface area contributed by atoms with Crippen LogP contribution in [0, 0.1) is 0 Å². The van der Waals surface area contributed by atoms with E-state index < -0.39 is 11.7 Å². The largest absolute Gasteiger partial charge is 0.491 e. The molecule has 0 radical (unpaired) electrons. The Morgan fingerprint density at radius 2 is 1.62 bits per heavy atom. The van der Waals surface area contributed by atoms with E-state index in [9.17, 15) is 17.6 Å². The van der Waals surface area contributed by atoms with Crippen molar-refractivity contribution in [2.45, 2.75) is 46.9 Å². The number of hydrogen-bond donors (Lipinski definition) is 1. The summed E-state index contributed by atoms with van der Waals surface area (Å²) < 4.78 is 52.7. The van der Waals surface area contributed by atoms with Crippen molar-refractivity contribution in [3.63, 3.8) is 0 Å². The van der Waals surface area contributed by atoms with Crippen molar-refractivity contribution in [1.29, 1.82) is 0 Å². The maximum Gasteiger partial charge on any atom is 0.412 e. The van der Waals surface area contributed by atoms with Gasteiger partial charge in [0.25, 0.3) is 0 Å². The van der Waals surface area contributed by atoms with Gasteiger partial charge in [0, 0.05) is 5.57 Å². The molecule has 0 aliphatic heterocycles. The Hall–Kier alpha value is -1.98. The highest BCUT2D eigenvalue weighted by molar-refractivity contribution is 5.25. The van der Waals surface area contributed by atoms with Crippen molar-refractivity contribution < 1.29 is 22.3 Å². The summed E-state index contributed by atoms with van der Waals surface area (Å²) in [6.45, 7) is 7.26. The summed E-state index contributed by atoms with van der Waals surface area (Å²) in [5, 5.41) is 0. The van der Waals surface area contributed by atoms with E-state index in [2.05, 4.69) is 0 Å². The molecule has 0 amide bonds. The molecule has 2 nitrogen and oxygen atoms in total. The first kappa shape index (κ1) is 24.3. The average Bonchev–Trinajstić information content (AvgIpc) is 2.60. The van der Waals surface area contributed by atoms with E-state index >= 15 is 0 Å². The van der Waals surface area contributed by atoms with Gasteiger partial charge in [-0.2, -0.15) is 13.2 Å². The SMILES string of the molecule is CC.CC/C(=C\C(N)=C(/C)OCc1ccccc1)C(F)(F)F.CF. The van der Waals surface area contributed by atoms with Crippen LogP contribution in [0.5, 0.6) is 0 Å². The Kier molecular flexibility index (Phi) is 13.6. The van der Waals surface area contributed by atoms with E-state index in [0.29, 0.717) is 7.18 Å². The van der Waals surface area contributed by atoms with Gasteiger partial charge in [0.15, 0.2) is 0 Å². The van der Waals surface area contributed by atoms with Gasteiger partial charge < -0.3 is 10.5 Å².